The van der Waals surface area contributed by atoms with Gasteiger partial charge in [0.05, 0.1) is 34.5 Å². The minimum atomic E-state index is -0.0898. The van der Waals surface area contributed by atoms with Crippen molar-refractivity contribution in [3.8, 4) is 5.75 Å². The summed E-state index contributed by atoms with van der Waals surface area (Å²) in [5, 5.41) is 3.37. The second-order valence-electron chi connectivity index (χ2n) is 11.4. The molecule has 0 bridgehead atoms. The number of rotatable bonds is 9. The molecule has 0 atom stereocenters. The third kappa shape index (κ3) is 5.78. The summed E-state index contributed by atoms with van der Waals surface area (Å²) in [7, 11) is 6.17. The Bertz CT molecular complexity index is 1300. The molecule has 38 heavy (non-hydrogen) atoms. The molecule has 0 saturated heterocycles. The number of likely N-dealkylation sites (N-methyl/N-ethyl adjacent to an activating group) is 2. The third-order valence-corrected chi connectivity index (χ3v) is 6.88. The van der Waals surface area contributed by atoms with Gasteiger partial charge in [-0.2, -0.15) is 4.98 Å². The molecule has 1 aromatic carbocycles. The molecule has 0 spiro atoms. The summed E-state index contributed by atoms with van der Waals surface area (Å²) in [5.74, 6) is 2.00. The molecule has 0 aliphatic carbocycles. The van der Waals surface area contributed by atoms with Crippen LogP contribution in [0.5, 0.6) is 5.75 Å². The number of nitrogens with two attached hydrogens (primary N) is 1. The number of nitrogens with one attached hydrogen (secondary N) is 1. The number of fused-ring (bicyclic) bond motifs is 1. The van der Waals surface area contributed by atoms with Crippen molar-refractivity contribution in [3.05, 3.63) is 47.4 Å². The summed E-state index contributed by atoms with van der Waals surface area (Å²) >= 11 is 0. The third-order valence-electron chi connectivity index (χ3n) is 6.88. The highest BCUT2D eigenvalue weighted by Gasteiger charge is 2.38. The maximum absolute atomic E-state index is 6.51. The van der Waals surface area contributed by atoms with Gasteiger partial charge in [-0.05, 0) is 65.6 Å². The van der Waals surface area contributed by atoms with Gasteiger partial charge in [0, 0.05) is 50.1 Å². The minimum absolute atomic E-state index is 0.00566. The summed E-state index contributed by atoms with van der Waals surface area (Å²) < 4.78 is 6.19. The van der Waals surface area contributed by atoms with Gasteiger partial charge in [0.15, 0.2) is 0 Å². The Kier molecular flexibility index (Phi) is 7.69. The Morgan fingerprint density at radius 2 is 1.84 bits per heavy atom. The number of anilines is 6. The maximum Gasteiger partial charge on any atom is 0.229 e. The van der Waals surface area contributed by atoms with E-state index in [0.29, 0.717) is 17.4 Å². The number of benzene rings is 1. The lowest BCUT2D eigenvalue weighted by Gasteiger charge is -2.25. The van der Waals surface area contributed by atoms with E-state index in [9.17, 15) is 0 Å². The van der Waals surface area contributed by atoms with E-state index >= 15 is 0 Å². The molecule has 1 aliphatic heterocycles. The zero-order valence-electron chi connectivity index (χ0n) is 24.3. The van der Waals surface area contributed by atoms with E-state index in [4.69, 9.17) is 20.4 Å². The Morgan fingerprint density at radius 1 is 1.11 bits per heavy atom. The van der Waals surface area contributed by atoms with Gasteiger partial charge in [-0.15, -0.1) is 0 Å². The van der Waals surface area contributed by atoms with Gasteiger partial charge >= 0.3 is 0 Å². The first-order chi connectivity index (χ1) is 17.9. The smallest absolute Gasteiger partial charge is 0.229 e. The van der Waals surface area contributed by atoms with Gasteiger partial charge < -0.3 is 30.5 Å². The molecule has 0 fully saturated rings. The number of hydrogen-bond donors (Lipinski definition) is 2. The first kappa shape index (κ1) is 27.4. The number of nitrogens with zero attached hydrogens (tertiary/aromatic N) is 6. The number of pyridine rings is 1. The van der Waals surface area contributed by atoms with Gasteiger partial charge in [-0.1, -0.05) is 13.8 Å². The van der Waals surface area contributed by atoms with Crippen molar-refractivity contribution >= 4 is 34.5 Å². The highest BCUT2D eigenvalue weighted by Crippen LogP contribution is 2.43. The van der Waals surface area contributed by atoms with Gasteiger partial charge in [0.2, 0.25) is 5.95 Å². The molecular weight excluding hydrogens is 476 g/mol. The Hall–Kier alpha value is -3.59. The maximum atomic E-state index is 6.51. The molecule has 0 radical (unpaired) electrons. The molecule has 0 amide bonds. The molecule has 2 aromatic heterocycles. The summed E-state index contributed by atoms with van der Waals surface area (Å²) in [6, 6.07) is 8.05. The highest BCUT2D eigenvalue weighted by atomic mass is 16.5. The zero-order chi connectivity index (χ0) is 27.8. The molecule has 204 valence electrons. The molecule has 1 aliphatic rings. The topological polar surface area (TPSA) is 95.7 Å². The van der Waals surface area contributed by atoms with E-state index in [1.807, 2.05) is 39.1 Å². The summed E-state index contributed by atoms with van der Waals surface area (Å²) in [6.07, 6.45) is 1.77. The largest absolute Gasteiger partial charge is 0.489 e. The van der Waals surface area contributed by atoms with Crippen LogP contribution in [0, 0.1) is 13.8 Å². The molecule has 9 heteroatoms. The lowest BCUT2D eigenvalue weighted by molar-refractivity contribution is 0.244. The van der Waals surface area contributed by atoms with E-state index in [2.05, 4.69) is 72.9 Å². The van der Waals surface area contributed by atoms with Crippen LogP contribution in [0.2, 0.25) is 0 Å². The summed E-state index contributed by atoms with van der Waals surface area (Å²) in [5.41, 5.74) is 13.2. The van der Waals surface area contributed by atoms with Crippen LogP contribution in [-0.4, -0.2) is 66.7 Å². The number of nitrogen functional groups attached to an aromatic ring is 1. The molecular formula is C29H42N8O. The van der Waals surface area contributed by atoms with Gasteiger partial charge in [-0.3, -0.25) is 4.98 Å². The lowest BCUT2D eigenvalue weighted by atomic mass is 9.91. The predicted octanol–water partition coefficient (Wildman–Crippen LogP) is 5.03. The predicted molar refractivity (Wildman–Crippen MR) is 158 cm³/mol. The van der Waals surface area contributed by atoms with Crippen LogP contribution >= 0.6 is 0 Å². The van der Waals surface area contributed by atoms with E-state index in [1.165, 1.54) is 5.56 Å². The van der Waals surface area contributed by atoms with Crippen molar-refractivity contribution in [1.82, 2.24) is 19.9 Å². The van der Waals surface area contributed by atoms with Crippen LogP contribution in [0.4, 0.5) is 34.5 Å². The number of aryl methyl sites for hydroxylation is 2. The SMILES string of the molecule is Cc1cc2c(nc1C)C(C)(C)CN2c1ccnc(Nc2cc(N)c(N(C)CCN(C)C)cc2OC(C)C)n1. The van der Waals surface area contributed by atoms with E-state index in [0.717, 1.165) is 53.9 Å². The van der Waals surface area contributed by atoms with Gasteiger partial charge in [-0.25, -0.2) is 4.98 Å². The normalized spacial score (nSPS) is 14.2. The minimum Gasteiger partial charge on any atom is -0.489 e. The van der Waals surface area contributed by atoms with E-state index in [-0.39, 0.29) is 11.5 Å². The first-order valence-corrected chi connectivity index (χ1v) is 13.2. The molecule has 4 rings (SSSR count). The van der Waals surface area contributed by atoms with Crippen molar-refractivity contribution in [2.45, 2.75) is 53.1 Å². The van der Waals surface area contributed by atoms with Crippen LogP contribution < -0.4 is 25.6 Å². The summed E-state index contributed by atoms with van der Waals surface area (Å²) in [6.45, 7) is 15.2. The van der Waals surface area contributed by atoms with Crippen LogP contribution in [0.15, 0.2) is 30.5 Å². The highest BCUT2D eigenvalue weighted by molar-refractivity contribution is 5.79. The second kappa shape index (κ2) is 10.6. The lowest BCUT2D eigenvalue weighted by Crippen LogP contribution is -2.29. The molecule has 9 nitrogen and oxygen atoms in total. The van der Waals surface area contributed by atoms with Crippen molar-refractivity contribution in [3.63, 3.8) is 0 Å². The van der Waals surface area contributed by atoms with Crippen molar-refractivity contribution in [1.29, 1.82) is 0 Å². The van der Waals surface area contributed by atoms with Crippen molar-refractivity contribution in [2.75, 3.05) is 61.6 Å². The summed E-state index contributed by atoms with van der Waals surface area (Å²) in [4.78, 5) is 20.8. The number of hydrogen-bond acceptors (Lipinski definition) is 9. The zero-order valence-corrected chi connectivity index (χ0v) is 24.3. The Balaban J connectivity index is 1.66. The quantitative estimate of drug-likeness (QED) is 0.378. The standard InChI is InChI=1S/C29H42N8O/c1-18(2)38-25-16-23(36(9)13-12-35(7)8)21(30)15-22(25)33-28-31-11-10-26(34-28)37-17-29(5,6)27-24(37)14-19(3)20(4)32-27/h10-11,14-16,18H,12-13,17,30H2,1-9H3,(H,31,33,34). The second-order valence-corrected chi connectivity index (χ2v) is 11.4. The van der Waals surface area contributed by atoms with Gasteiger partial charge in [0.1, 0.15) is 11.6 Å². The molecule has 0 unspecified atom stereocenters. The van der Waals surface area contributed by atoms with Crippen molar-refractivity contribution < 1.29 is 4.74 Å². The van der Waals surface area contributed by atoms with Crippen LogP contribution in [0.1, 0.15) is 44.6 Å². The van der Waals surface area contributed by atoms with Gasteiger partial charge in [0.25, 0.3) is 0 Å². The average Bonchev–Trinajstić information content (AvgIpc) is 3.09. The fraction of sp³-hybridized carbons (Fsp3) is 0.483. The van der Waals surface area contributed by atoms with E-state index < -0.39 is 0 Å². The van der Waals surface area contributed by atoms with Crippen LogP contribution in [-0.2, 0) is 5.41 Å². The molecule has 3 heterocycles. The number of ether oxygens (including phenoxy) is 1. The Labute approximate surface area is 227 Å². The Morgan fingerprint density at radius 3 is 2.53 bits per heavy atom. The molecule has 3 aromatic rings. The van der Waals surface area contributed by atoms with Crippen LogP contribution in [0.25, 0.3) is 0 Å². The average molecular weight is 519 g/mol. The van der Waals surface area contributed by atoms with Crippen molar-refractivity contribution in [2.24, 2.45) is 0 Å². The number of aromatic nitrogens is 3. The fourth-order valence-corrected chi connectivity index (χ4v) is 4.67. The fourth-order valence-electron chi connectivity index (χ4n) is 4.67. The monoisotopic (exact) mass is 518 g/mol. The molecule has 3 N–H and O–H groups in total. The molecule has 0 saturated carbocycles. The first-order valence-electron chi connectivity index (χ1n) is 13.2. The van der Waals surface area contributed by atoms with Crippen LogP contribution in [0.3, 0.4) is 0 Å². The van der Waals surface area contributed by atoms with E-state index in [1.54, 1.807) is 6.20 Å².